The molecule has 0 aliphatic rings. The summed E-state index contributed by atoms with van der Waals surface area (Å²) in [7, 11) is 0. The van der Waals surface area contributed by atoms with Crippen molar-refractivity contribution in [3.05, 3.63) is 70.8 Å². The van der Waals surface area contributed by atoms with Gasteiger partial charge in [-0.2, -0.15) is 0 Å². The third kappa shape index (κ3) is 4.24. The van der Waals surface area contributed by atoms with E-state index in [4.69, 9.17) is 16.7 Å². The predicted octanol–water partition coefficient (Wildman–Crippen LogP) is 4.57. The average molecular weight is 439 g/mol. The number of nitrogens with one attached hydrogen (secondary N) is 2. The molecule has 0 saturated heterocycles. The molecule has 0 unspecified atom stereocenters. The Balaban J connectivity index is 1.61. The van der Waals surface area contributed by atoms with Crippen LogP contribution in [0.2, 0.25) is 5.02 Å². The molecule has 0 saturated carbocycles. The molecule has 0 atom stereocenters. The van der Waals surface area contributed by atoms with Gasteiger partial charge in [-0.05, 0) is 42.0 Å². The smallest absolute Gasteiger partial charge is 0.322 e. The molecule has 0 aliphatic carbocycles. The van der Waals surface area contributed by atoms with Crippen molar-refractivity contribution in [2.24, 2.45) is 0 Å². The van der Waals surface area contributed by atoms with Crippen LogP contribution in [0.3, 0.4) is 0 Å². The quantitative estimate of drug-likeness (QED) is 0.407. The Morgan fingerprint density at radius 2 is 1.77 bits per heavy atom. The lowest BCUT2D eigenvalue weighted by atomic mass is 10.1. The maximum absolute atomic E-state index is 12.0. The van der Waals surface area contributed by atoms with E-state index in [9.17, 15) is 9.59 Å². The lowest BCUT2D eigenvalue weighted by Gasteiger charge is -2.09. The van der Waals surface area contributed by atoms with Crippen molar-refractivity contribution >= 4 is 56.5 Å². The Hall–Kier alpha value is -3.49. The number of fused-ring (bicyclic) bond motifs is 1. The monoisotopic (exact) mass is 438 g/mol. The Morgan fingerprint density at radius 3 is 2.47 bits per heavy atom. The number of rotatable bonds is 6. The van der Waals surface area contributed by atoms with E-state index < -0.39 is 18.4 Å². The summed E-state index contributed by atoms with van der Waals surface area (Å²) < 4.78 is 0. The van der Waals surface area contributed by atoms with E-state index in [1.165, 1.54) is 17.7 Å². The van der Waals surface area contributed by atoms with Gasteiger partial charge in [-0.15, -0.1) is 11.3 Å². The second-order valence-corrected chi connectivity index (χ2v) is 7.63. The van der Waals surface area contributed by atoms with Crippen molar-refractivity contribution in [3.8, 4) is 11.1 Å². The van der Waals surface area contributed by atoms with Gasteiger partial charge in [-0.1, -0.05) is 23.7 Å². The Morgan fingerprint density at radius 1 is 1.03 bits per heavy atom. The highest BCUT2D eigenvalue weighted by atomic mass is 35.5. The van der Waals surface area contributed by atoms with Crippen LogP contribution in [0.1, 0.15) is 10.4 Å². The molecule has 30 heavy (non-hydrogen) atoms. The second-order valence-electron chi connectivity index (χ2n) is 6.34. The molecule has 3 N–H and O–H groups in total. The summed E-state index contributed by atoms with van der Waals surface area (Å²) in [5, 5.41) is 17.9. The lowest BCUT2D eigenvalue weighted by molar-refractivity contribution is -0.135. The molecule has 1 amide bonds. The number of thiophene rings is 1. The first-order valence-electron chi connectivity index (χ1n) is 8.86. The summed E-state index contributed by atoms with van der Waals surface area (Å²) in [5.41, 5.74) is 3.11. The molecule has 2 aromatic carbocycles. The molecule has 2 heterocycles. The number of anilines is 2. The fourth-order valence-electron chi connectivity index (χ4n) is 2.91. The highest BCUT2D eigenvalue weighted by Gasteiger charge is 2.14. The highest BCUT2D eigenvalue weighted by molar-refractivity contribution is 7.17. The Labute approximate surface area is 180 Å². The molecule has 2 aromatic heterocycles. The van der Waals surface area contributed by atoms with Crippen molar-refractivity contribution in [3.63, 3.8) is 0 Å². The average Bonchev–Trinajstić information content (AvgIpc) is 3.18. The molecule has 4 aromatic rings. The predicted molar refractivity (Wildman–Crippen MR) is 118 cm³/mol. The minimum atomic E-state index is -1.10. The van der Waals surface area contributed by atoms with Crippen molar-refractivity contribution in [2.45, 2.75) is 0 Å². The first-order chi connectivity index (χ1) is 14.5. The number of carbonyl (C=O) groups is 2. The number of hydrogen-bond acceptors (Lipinski definition) is 6. The molecule has 0 radical (unpaired) electrons. The van der Waals surface area contributed by atoms with Gasteiger partial charge < -0.3 is 15.7 Å². The van der Waals surface area contributed by atoms with Crippen molar-refractivity contribution in [2.75, 3.05) is 11.9 Å². The molecule has 0 bridgehead atoms. The van der Waals surface area contributed by atoms with Crippen molar-refractivity contribution < 1.29 is 14.7 Å². The first kappa shape index (κ1) is 19.8. The zero-order chi connectivity index (χ0) is 21.1. The van der Waals surface area contributed by atoms with E-state index in [1.807, 2.05) is 29.6 Å². The molecule has 9 heteroatoms. The van der Waals surface area contributed by atoms with Gasteiger partial charge in [0.05, 0.1) is 5.39 Å². The van der Waals surface area contributed by atoms with E-state index in [1.54, 1.807) is 24.3 Å². The van der Waals surface area contributed by atoms with E-state index in [-0.39, 0.29) is 0 Å². The van der Waals surface area contributed by atoms with Gasteiger partial charge in [0, 0.05) is 27.2 Å². The van der Waals surface area contributed by atoms with E-state index >= 15 is 0 Å². The summed E-state index contributed by atoms with van der Waals surface area (Å²) in [6.07, 6.45) is 1.50. The second kappa shape index (κ2) is 8.48. The minimum absolute atomic E-state index is 0.368. The minimum Gasteiger partial charge on any atom is -0.480 e. The lowest BCUT2D eigenvalue weighted by Crippen LogP contribution is -2.29. The number of benzene rings is 2. The van der Waals surface area contributed by atoms with Crippen LogP contribution in [-0.4, -0.2) is 33.5 Å². The Bertz CT molecular complexity index is 1220. The molecule has 7 nitrogen and oxygen atoms in total. The number of halogens is 1. The first-order valence-corrected chi connectivity index (χ1v) is 10.1. The van der Waals surface area contributed by atoms with Crippen LogP contribution in [0, 0.1) is 0 Å². The number of aliphatic carboxylic acids is 1. The molecule has 4 rings (SSSR count). The van der Waals surface area contributed by atoms with Crippen LogP contribution in [-0.2, 0) is 4.79 Å². The molecule has 0 fully saturated rings. The fraction of sp³-hybridized carbons (Fsp3) is 0.0476. The normalized spacial score (nSPS) is 10.7. The molecule has 0 spiro atoms. The van der Waals surface area contributed by atoms with Gasteiger partial charge in [0.1, 0.15) is 23.5 Å². The van der Waals surface area contributed by atoms with Gasteiger partial charge in [-0.3, -0.25) is 9.59 Å². The maximum atomic E-state index is 12.0. The summed E-state index contributed by atoms with van der Waals surface area (Å²) in [6.45, 7) is -0.427. The molecule has 150 valence electrons. The zero-order valence-corrected chi connectivity index (χ0v) is 17.0. The van der Waals surface area contributed by atoms with Crippen LogP contribution in [0.4, 0.5) is 11.5 Å². The molecular formula is C21H15ClN4O3S. The molecular weight excluding hydrogens is 424 g/mol. The van der Waals surface area contributed by atoms with Gasteiger partial charge in [0.2, 0.25) is 0 Å². The van der Waals surface area contributed by atoms with Crippen LogP contribution in [0.25, 0.3) is 21.3 Å². The highest BCUT2D eigenvalue weighted by Crippen LogP contribution is 2.37. The van der Waals surface area contributed by atoms with Gasteiger partial charge in [0.15, 0.2) is 0 Å². The number of carbonyl (C=O) groups excluding carboxylic acids is 1. The van der Waals surface area contributed by atoms with Crippen LogP contribution in [0.5, 0.6) is 0 Å². The van der Waals surface area contributed by atoms with E-state index in [0.717, 1.165) is 27.0 Å². The number of hydrogen-bond donors (Lipinski definition) is 3. The SMILES string of the molecule is O=C(O)CNC(=O)c1ccc(Nc2ncnc3scc(-c4ccc(Cl)cc4)c23)cc1. The van der Waals surface area contributed by atoms with Crippen molar-refractivity contribution in [1.29, 1.82) is 0 Å². The summed E-state index contributed by atoms with van der Waals surface area (Å²) in [5.74, 6) is -0.896. The Kier molecular flexibility index (Phi) is 5.60. The maximum Gasteiger partial charge on any atom is 0.322 e. The number of nitrogens with zero attached hydrogens (tertiary/aromatic N) is 2. The molecule has 0 aliphatic heterocycles. The standard InChI is InChI=1S/C21H15ClN4O3S/c22-14-5-1-12(2-6-14)16-10-30-21-18(16)19(24-11-25-21)26-15-7-3-13(4-8-15)20(29)23-9-17(27)28/h1-8,10-11H,9H2,(H,23,29)(H,27,28)(H,24,25,26). The number of aromatic nitrogens is 2. The number of carboxylic acids is 1. The summed E-state index contributed by atoms with van der Waals surface area (Å²) >= 11 is 7.53. The van der Waals surface area contributed by atoms with Gasteiger partial charge >= 0.3 is 5.97 Å². The fourth-order valence-corrected chi connectivity index (χ4v) is 3.95. The van der Waals surface area contributed by atoms with Gasteiger partial charge in [-0.25, -0.2) is 9.97 Å². The third-order valence-corrected chi connectivity index (χ3v) is 5.47. The van der Waals surface area contributed by atoms with E-state index in [0.29, 0.717) is 16.4 Å². The summed E-state index contributed by atoms with van der Waals surface area (Å²) in [6, 6.07) is 14.3. The van der Waals surface area contributed by atoms with Crippen LogP contribution in [0.15, 0.2) is 60.2 Å². The van der Waals surface area contributed by atoms with Gasteiger partial charge in [0.25, 0.3) is 5.91 Å². The zero-order valence-electron chi connectivity index (χ0n) is 15.4. The topological polar surface area (TPSA) is 104 Å². The third-order valence-electron chi connectivity index (χ3n) is 4.34. The van der Waals surface area contributed by atoms with Crippen LogP contribution >= 0.6 is 22.9 Å². The van der Waals surface area contributed by atoms with E-state index in [2.05, 4.69) is 20.6 Å². The van der Waals surface area contributed by atoms with Crippen LogP contribution < -0.4 is 10.6 Å². The number of amides is 1. The summed E-state index contributed by atoms with van der Waals surface area (Å²) in [4.78, 5) is 32.1. The largest absolute Gasteiger partial charge is 0.480 e. The number of carboxylic acid groups (broad SMARTS) is 1. The van der Waals surface area contributed by atoms with Crippen molar-refractivity contribution in [1.82, 2.24) is 15.3 Å².